The van der Waals surface area contributed by atoms with E-state index in [0.717, 1.165) is 21.8 Å². The van der Waals surface area contributed by atoms with Gasteiger partial charge in [0.05, 0.1) is 23.3 Å². The van der Waals surface area contributed by atoms with Crippen LogP contribution in [0, 0.1) is 18.8 Å². The SMILES string of the molecule is [B]OC(=O)C(F)O/N=C(\C(=O)C[C@@H]1C(=O)N2[C@@H]1S(=O)C[C@@H]1CC(=O)O[C@@]12C(=O)OCC=C(C)C)c1csc(C)n1. The maximum absolute atomic E-state index is 13.8. The second-order valence-corrected chi connectivity index (χ2v) is 12.0. The van der Waals surface area contributed by atoms with Crippen molar-refractivity contribution in [1.29, 1.82) is 0 Å². The third kappa shape index (κ3) is 5.31. The van der Waals surface area contributed by atoms with Crippen LogP contribution in [0.15, 0.2) is 22.2 Å². The first-order chi connectivity index (χ1) is 18.9. The number of aromatic nitrogens is 1. The van der Waals surface area contributed by atoms with Crippen LogP contribution in [-0.4, -0.2) is 87.3 Å². The summed E-state index contributed by atoms with van der Waals surface area (Å²) in [5, 5.41) is 4.21. The first kappa shape index (κ1) is 29.5. The quantitative estimate of drug-likeness (QED) is 0.0915. The van der Waals surface area contributed by atoms with E-state index in [-0.39, 0.29) is 24.5 Å². The summed E-state index contributed by atoms with van der Waals surface area (Å²) < 4.78 is 41.4. The number of β-lactam (4-membered cyclic amide) rings is 1. The number of alkyl halides is 1. The van der Waals surface area contributed by atoms with E-state index in [1.807, 2.05) is 0 Å². The molecule has 17 heteroatoms. The number of rotatable bonds is 10. The van der Waals surface area contributed by atoms with Crippen LogP contribution in [0.25, 0.3) is 0 Å². The van der Waals surface area contributed by atoms with Crippen molar-refractivity contribution < 1.29 is 51.5 Å². The van der Waals surface area contributed by atoms with Crippen LogP contribution >= 0.6 is 11.3 Å². The van der Waals surface area contributed by atoms with E-state index in [1.54, 1.807) is 26.8 Å². The van der Waals surface area contributed by atoms with Crippen molar-refractivity contribution in [3.63, 3.8) is 0 Å². The molecule has 4 rings (SSSR count). The number of carbonyl (C=O) groups is 5. The summed E-state index contributed by atoms with van der Waals surface area (Å²) in [5.74, 6) is -7.20. The van der Waals surface area contributed by atoms with Crippen LogP contribution in [0.4, 0.5) is 4.39 Å². The fourth-order valence-corrected chi connectivity index (χ4v) is 7.23. The van der Waals surface area contributed by atoms with Gasteiger partial charge in [0.15, 0.2) is 11.5 Å². The molecule has 212 valence electrons. The number of amides is 1. The Balaban J connectivity index is 1.59. The van der Waals surface area contributed by atoms with Crippen LogP contribution < -0.4 is 0 Å². The zero-order valence-corrected chi connectivity index (χ0v) is 23.1. The molecule has 0 aromatic carbocycles. The molecule has 1 aromatic rings. The minimum Gasteiger partial charge on any atom is -0.539 e. The van der Waals surface area contributed by atoms with Gasteiger partial charge in [-0.05, 0) is 26.8 Å². The number of nitrogens with zero attached hydrogens (tertiary/aromatic N) is 3. The molecule has 3 aliphatic rings. The first-order valence-electron chi connectivity index (χ1n) is 11.9. The van der Waals surface area contributed by atoms with Gasteiger partial charge in [-0.15, -0.1) is 11.3 Å². The smallest absolute Gasteiger partial charge is 0.378 e. The van der Waals surface area contributed by atoms with Crippen molar-refractivity contribution in [2.24, 2.45) is 17.0 Å². The van der Waals surface area contributed by atoms with Gasteiger partial charge in [-0.2, -0.15) is 4.39 Å². The first-order valence-corrected chi connectivity index (χ1v) is 14.1. The Morgan fingerprint density at radius 2 is 2.12 bits per heavy atom. The van der Waals surface area contributed by atoms with Gasteiger partial charge in [-0.3, -0.25) is 23.5 Å². The highest BCUT2D eigenvalue weighted by molar-refractivity contribution is 7.85. The second-order valence-electron chi connectivity index (χ2n) is 9.38. The van der Waals surface area contributed by atoms with Crippen molar-refractivity contribution in [3.8, 4) is 0 Å². The molecule has 40 heavy (non-hydrogen) atoms. The number of esters is 2. The molecule has 0 N–H and O–H groups in total. The number of fused-ring (bicyclic) bond motifs is 3. The Kier molecular flexibility index (Phi) is 8.53. The zero-order chi connectivity index (χ0) is 29.4. The molecule has 4 heterocycles. The maximum Gasteiger partial charge on any atom is 0.378 e. The average molecular weight is 595 g/mol. The monoisotopic (exact) mass is 595 g/mol. The number of allylic oxidation sites excluding steroid dienone is 1. The van der Waals surface area contributed by atoms with Crippen molar-refractivity contribution in [3.05, 3.63) is 27.7 Å². The predicted octanol–water partition coefficient (Wildman–Crippen LogP) is 0.369. The number of thiazole rings is 1. The molecule has 3 fully saturated rings. The number of carbonyl (C=O) groups excluding carboxylic acids is 5. The number of ketones is 1. The third-order valence-electron chi connectivity index (χ3n) is 6.45. The Labute approximate surface area is 234 Å². The summed E-state index contributed by atoms with van der Waals surface area (Å²) in [6, 6.07) is 0. The van der Waals surface area contributed by atoms with Gasteiger partial charge in [-0.25, -0.2) is 14.6 Å². The van der Waals surface area contributed by atoms with Crippen molar-refractivity contribution in [2.45, 2.75) is 51.1 Å². The molecule has 0 spiro atoms. The number of hydrogen-bond donors (Lipinski definition) is 0. The van der Waals surface area contributed by atoms with Gasteiger partial charge < -0.3 is 19.0 Å². The highest BCUT2D eigenvalue weighted by Crippen LogP contribution is 2.51. The average Bonchev–Trinajstić information content (AvgIpc) is 3.47. The lowest BCUT2D eigenvalue weighted by Gasteiger charge is -2.56. The van der Waals surface area contributed by atoms with Crippen LogP contribution in [0.1, 0.15) is 37.4 Å². The zero-order valence-electron chi connectivity index (χ0n) is 21.5. The van der Waals surface area contributed by atoms with E-state index in [1.165, 1.54) is 5.38 Å². The summed E-state index contributed by atoms with van der Waals surface area (Å²) in [5.41, 5.74) is -1.76. The van der Waals surface area contributed by atoms with E-state index in [9.17, 15) is 32.6 Å². The molecule has 13 nitrogen and oxygen atoms in total. The lowest BCUT2D eigenvalue weighted by Crippen LogP contribution is -2.78. The van der Waals surface area contributed by atoms with Crippen molar-refractivity contribution in [1.82, 2.24) is 9.88 Å². The minimum absolute atomic E-state index is 0.0154. The number of ether oxygens (including phenoxy) is 2. The summed E-state index contributed by atoms with van der Waals surface area (Å²) in [6.45, 7) is 5.08. The number of oxime groups is 1. The Morgan fingerprint density at radius 1 is 1.40 bits per heavy atom. The van der Waals surface area contributed by atoms with E-state index in [4.69, 9.17) is 9.47 Å². The third-order valence-corrected chi connectivity index (χ3v) is 9.03. The topological polar surface area (TPSA) is 168 Å². The predicted molar refractivity (Wildman–Crippen MR) is 135 cm³/mol. The van der Waals surface area contributed by atoms with Gasteiger partial charge >= 0.3 is 32.3 Å². The van der Waals surface area contributed by atoms with Crippen molar-refractivity contribution >= 4 is 65.5 Å². The van der Waals surface area contributed by atoms with E-state index in [2.05, 4.69) is 27.7 Å². The van der Waals surface area contributed by atoms with Crippen molar-refractivity contribution in [2.75, 3.05) is 12.4 Å². The highest BCUT2D eigenvalue weighted by Gasteiger charge is 2.73. The molecular formula is C23H23BFN3O10S2. The molecule has 1 amide bonds. The Hall–Kier alpha value is -3.47. The molecule has 2 unspecified atom stereocenters. The molecule has 0 saturated carbocycles. The summed E-state index contributed by atoms with van der Waals surface area (Å²) in [7, 11) is 2.85. The Bertz CT molecular complexity index is 1350. The summed E-state index contributed by atoms with van der Waals surface area (Å²) >= 11 is 1.14. The van der Waals surface area contributed by atoms with Crippen LogP contribution in [0.3, 0.4) is 0 Å². The van der Waals surface area contributed by atoms with Crippen LogP contribution in [0.2, 0.25) is 0 Å². The van der Waals surface area contributed by atoms with E-state index in [0.29, 0.717) is 5.01 Å². The largest absolute Gasteiger partial charge is 0.539 e. The number of aryl methyl sites for hydroxylation is 1. The molecule has 0 bridgehead atoms. The molecule has 2 radical (unpaired) electrons. The number of hydrogen-bond acceptors (Lipinski definition) is 13. The molecule has 0 aliphatic carbocycles. The van der Waals surface area contributed by atoms with Gasteiger partial charge in [0.1, 0.15) is 17.7 Å². The standard InChI is InChI=1S/C23H23BFN3O10S2/c1-10(2)4-5-35-22(33)23-12(6-16(30)36-23)9-40(34)20-13(19(31)28(20)23)7-15(29)17(14-8-39-11(3)26-14)27-38-18(25)21(32)37-24/h4,8,12-13,18,20H,5-7,9H2,1-3H3/b27-17-/t12-,13+,18?,20+,23+,40?/m0/s1. The lowest BCUT2D eigenvalue weighted by molar-refractivity contribution is -0.222. The normalized spacial score (nSPS) is 27.9. The van der Waals surface area contributed by atoms with Gasteiger partial charge in [0, 0.05) is 28.4 Å². The fraction of sp³-hybridized carbons (Fsp3) is 0.522. The van der Waals surface area contributed by atoms with E-state index < -0.39 is 81.8 Å². The minimum atomic E-state index is -2.74. The molecule has 3 aliphatic heterocycles. The summed E-state index contributed by atoms with van der Waals surface area (Å²) in [4.78, 5) is 72.8. The van der Waals surface area contributed by atoms with Crippen LogP contribution in [0.5, 0.6) is 0 Å². The van der Waals surface area contributed by atoms with Gasteiger partial charge in [-0.1, -0.05) is 10.7 Å². The fourth-order valence-electron chi connectivity index (χ4n) is 4.62. The van der Waals surface area contributed by atoms with Gasteiger partial charge in [0.2, 0.25) is 5.91 Å². The Morgan fingerprint density at radius 3 is 2.75 bits per heavy atom. The number of halogens is 1. The molecular weight excluding hydrogens is 572 g/mol. The summed E-state index contributed by atoms with van der Waals surface area (Å²) in [6.07, 6.45) is -1.94. The highest BCUT2D eigenvalue weighted by atomic mass is 32.2. The molecule has 1 aromatic heterocycles. The molecule has 3 saturated heterocycles. The van der Waals surface area contributed by atoms with Crippen LogP contribution in [-0.2, 0) is 53.7 Å². The number of Topliss-reactive ketones (excluding diaryl/α,β-unsaturated/α-hetero) is 1. The van der Waals surface area contributed by atoms with Gasteiger partial charge in [0.25, 0.3) is 5.72 Å². The molecule has 6 atom stereocenters. The second kappa shape index (κ2) is 11.6. The lowest BCUT2D eigenvalue weighted by atomic mass is 9.84. The maximum atomic E-state index is 13.8. The van der Waals surface area contributed by atoms with E-state index >= 15 is 0 Å².